The van der Waals surface area contributed by atoms with Gasteiger partial charge in [0.05, 0.1) is 0 Å². The van der Waals surface area contributed by atoms with E-state index in [1.54, 1.807) is 0 Å². The Morgan fingerprint density at radius 3 is 3.00 bits per heavy atom. The summed E-state index contributed by atoms with van der Waals surface area (Å²) in [7, 11) is 0. The van der Waals surface area contributed by atoms with Gasteiger partial charge < -0.3 is 0 Å². The molecular weight excluding hydrogens is 216 g/mol. The fourth-order valence-electron chi connectivity index (χ4n) is 1.29. The van der Waals surface area contributed by atoms with E-state index in [0.29, 0.717) is 18.0 Å². The van der Waals surface area contributed by atoms with Crippen molar-refractivity contribution in [1.29, 1.82) is 0 Å². The van der Waals surface area contributed by atoms with Crippen molar-refractivity contribution in [2.24, 2.45) is 0 Å². The number of tetrazole rings is 1. The quantitative estimate of drug-likeness (QED) is 0.841. The summed E-state index contributed by atoms with van der Waals surface area (Å²) in [5, 5.41) is 9.92. The van der Waals surface area contributed by atoms with Gasteiger partial charge >= 0.3 is 5.69 Å². The lowest BCUT2D eigenvalue weighted by atomic mass is 10.1. The van der Waals surface area contributed by atoms with Crippen LogP contribution in [0.1, 0.15) is 5.56 Å². The van der Waals surface area contributed by atoms with Crippen molar-refractivity contribution in [3.05, 3.63) is 45.3 Å². The number of halogens is 1. The minimum Gasteiger partial charge on any atom is -0.242 e. The van der Waals surface area contributed by atoms with E-state index in [-0.39, 0.29) is 5.69 Å². The number of nitrogens with zero attached hydrogens (tertiary/aromatic N) is 3. The number of hydrogen-bond donors (Lipinski definition) is 1. The lowest BCUT2D eigenvalue weighted by molar-refractivity contribution is 0.574. The van der Waals surface area contributed by atoms with Gasteiger partial charge in [0, 0.05) is 11.6 Å². The van der Waals surface area contributed by atoms with Crippen LogP contribution in [0.5, 0.6) is 0 Å². The molecule has 0 aliphatic rings. The molecular formula is C9H9ClN4O. The molecule has 2 aromatic rings. The zero-order chi connectivity index (χ0) is 10.7. The van der Waals surface area contributed by atoms with E-state index in [2.05, 4.69) is 15.5 Å². The highest BCUT2D eigenvalue weighted by molar-refractivity contribution is 6.30. The minimum absolute atomic E-state index is 0.364. The van der Waals surface area contributed by atoms with Gasteiger partial charge in [0.1, 0.15) is 0 Å². The molecule has 6 heteroatoms. The number of nitrogens with one attached hydrogen (secondary N) is 1. The molecule has 0 aliphatic carbocycles. The van der Waals surface area contributed by atoms with Crippen molar-refractivity contribution < 1.29 is 0 Å². The van der Waals surface area contributed by atoms with Gasteiger partial charge in [-0.2, -0.15) is 5.21 Å². The molecule has 5 nitrogen and oxygen atoms in total. The highest BCUT2D eigenvalue weighted by Crippen LogP contribution is 2.11. The summed E-state index contributed by atoms with van der Waals surface area (Å²) in [6.45, 7) is 0.520. The number of aromatic amines is 1. The predicted molar refractivity (Wildman–Crippen MR) is 55.8 cm³/mol. The lowest BCUT2D eigenvalue weighted by Crippen LogP contribution is -2.19. The predicted octanol–water partition coefficient (Wildman–Crippen LogP) is 0.862. The molecule has 2 rings (SSSR count). The van der Waals surface area contributed by atoms with Crippen LogP contribution in [0.3, 0.4) is 0 Å². The van der Waals surface area contributed by atoms with E-state index in [4.69, 9.17) is 11.6 Å². The standard InChI is InChI=1S/C9H9ClN4O/c10-8-3-1-2-7(6-8)4-5-14-9(15)11-12-13-14/h1-3,6H,4-5H2,(H,11,13,15). The fraction of sp³-hybridized carbons (Fsp3) is 0.222. The molecule has 0 radical (unpaired) electrons. The molecule has 0 atom stereocenters. The van der Waals surface area contributed by atoms with Crippen molar-refractivity contribution in [3.8, 4) is 0 Å². The first-order valence-corrected chi connectivity index (χ1v) is 4.86. The second kappa shape index (κ2) is 4.27. The summed E-state index contributed by atoms with van der Waals surface area (Å²) in [5.74, 6) is 0. The maximum Gasteiger partial charge on any atom is 0.383 e. The molecule has 1 N–H and O–H groups in total. The largest absolute Gasteiger partial charge is 0.383 e. The maximum atomic E-state index is 11.0. The first kappa shape index (κ1) is 9.92. The van der Waals surface area contributed by atoms with Gasteiger partial charge in [-0.3, -0.25) is 0 Å². The number of benzene rings is 1. The van der Waals surface area contributed by atoms with Crippen LogP contribution < -0.4 is 5.69 Å². The van der Waals surface area contributed by atoms with E-state index < -0.39 is 0 Å². The SMILES string of the molecule is O=c1nn[nH]n1CCc1cccc(Cl)c1. The summed E-state index contributed by atoms with van der Waals surface area (Å²) in [5.41, 5.74) is 0.709. The Labute approximate surface area is 90.7 Å². The van der Waals surface area contributed by atoms with Crippen molar-refractivity contribution in [3.63, 3.8) is 0 Å². The third-order valence-electron chi connectivity index (χ3n) is 2.04. The first-order chi connectivity index (χ1) is 7.25. The Morgan fingerprint density at radius 1 is 1.47 bits per heavy atom. The molecule has 1 aromatic carbocycles. The summed E-state index contributed by atoms with van der Waals surface area (Å²) in [6, 6.07) is 7.53. The molecule has 78 valence electrons. The number of hydrogen-bond acceptors (Lipinski definition) is 3. The highest BCUT2D eigenvalue weighted by atomic mass is 35.5. The number of aryl methyl sites for hydroxylation is 2. The average molecular weight is 225 g/mol. The molecule has 0 spiro atoms. The van der Waals surface area contributed by atoms with Crippen LogP contribution in [0.4, 0.5) is 0 Å². The van der Waals surface area contributed by atoms with Crippen LogP contribution in [0.2, 0.25) is 5.02 Å². The molecule has 0 bridgehead atoms. The van der Waals surface area contributed by atoms with Crippen molar-refractivity contribution in [2.45, 2.75) is 13.0 Å². The highest BCUT2D eigenvalue weighted by Gasteiger charge is 1.99. The normalized spacial score (nSPS) is 10.5. The van der Waals surface area contributed by atoms with Crippen molar-refractivity contribution >= 4 is 11.6 Å². The zero-order valence-electron chi connectivity index (χ0n) is 7.85. The molecule has 1 aromatic heterocycles. The summed E-state index contributed by atoms with van der Waals surface area (Å²) in [4.78, 5) is 11.0. The minimum atomic E-state index is -0.364. The van der Waals surface area contributed by atoms with E-state index in [1.165, 1.54) is 4.68 Å². The van der Waals surface area contributed by atoms with Crippen LogP contribution >= 0.6 is 11.6 Å². The van der Waals surface area contributed by atoms with Gasteiger partial charge in [0.15, 0.2) is 0 Å². The lowest BCUT2D eigenvalue weighted by Gasteiger charge is -2.01. The van der Waals surface area contributed by atoms with Crippen LogP contribution in [0.25, 0.3) is 0 Å². The van der Waals surface area contributed by atoms with Crippen LogP contribution in [0.15, 0.2) is 29.1 Å². The number of rotatable bonds is 3. The van der Waals surface area contributed by atoms with E-state index >= 15 is 0 Å². The molecule has 0 fully saturated rings. The number of aromatic nitrogens is 4. The molecule has 1 heterocycles. The van der Waals surface area contributed by atoms with E-state index in [0.717, 1.165) is 5.56 Å². The van der Waals surface area contributed by atoms with Crippen LogP contribution in [-0.4, -0.2) is 20.2 Å². The Balaban J connectivity index is 2.05. The van der Waals surface area contributed by atoms with Gasteiger partial charge in [-0.25, -0.2) is 9.48 Å². The average Bonchev–Trinajstić information content (AvgIpc) is 2.61. The smallest absolute Gasteiger partial charge is 0.242 e. The second-order valence-corrected chi connectivity index (χ2v) is 3.55. The van der Waals surface area contributed by atoms with Gasteiger partial charge in [0.25, 0.3) is 0 Å². The Kier molecular flexibility index (Phi) is 2.82. The second-order valence-electron chi connectivity index (χ2n) is 3.11. The molecule has 0 unspecified atom stereocenters. The van der Waals surface area contributed by atoms with Crippen LogP contribution in [0, 0.1) is 0 Å². The molecule has 0 saturated carbocycles. The molecule has 0 saturated heterocycles. The molecule has 15 heavy (non-hydrogen) atoms. The van der Waals surface area contributed by atoms with E-state index in [1.807, 2.05) is 24.3 Å². The van der Waals surface area contributed by atoms with Crippen molar-refractivity contribution in [2.75, 3.05) is 0 Å². The third kappa shape index (κ3) is 2.44. The fourth-order valence-corrected chi connectivity index (χ4v) is 1.51. The summed E-state index contributed by atoms with van der Waals surface area (Å²) >= 11 is 5.84. The van der Waals surface area contributed by atoms with E-state index in [9.17, 15) is 4.79 Å². The van der Waals surface area contributed by atoms with Gasteiger partial charge in [-0.1, -0.05) is 28.8 Å². The monoisotopic (exact) mass is 224 g/mol. The Bertz CT molecular complexity index is 505. The summed E-state index contributed by atoms with van der Waals surface area (Å²) in [6.07, 6.45) is 0.713. The molecule has 0 aliphatic heterocycles. The Hall–Kier alpha value is -1.62. The topological polar surface area (TPSA) is 63.6 Å². The summed E-state index contributed by atoms with van der Waals surface area (Å²) < 4.78 is 1.35. The Morgan fingerprint density at radius 2 is 2.33 bits per heavy atom. The molecule has 0 amide bonds. The first-order valence-electron chi connectivity index (χ1n) is 4.48. The van der Waals surface area contributed by atoms with Crippen LogP contribution in [-0.2, 0) is 13.0 Å². The third-order valence-corrected chi connectivity index (χ3v) is 2.28. The zero-order valence-corrected chi connectivity index (χ0v) is 8.61. The van der Waals surface area contributed by atoms with Gasteiger partial charge in [-0.05, 0) is 29.3 Å². The van der Waals surface area contributed by atoms with Crippen molar-refractivity contribution in [1.82, 2.24) is 20.2 Å². The maximum absolute atomic E-state index is 11.0. The number of H-pyrrole nitrogens is 1. The van der Waals surface area contributed by atoms with Gasteiger partial charge in [0.2, 0.25) is 0 Å². The van der Waals surface area contributed by atoms with Gasteiger partial charge in [-0.15, -0.1) is 0 Å².